The molecule has 0 radical (unpaired) electrons. The van der Waals surface area contributed by atoms with Gasteiger partial charge in [-0.2, -0.15) is 0 Å². The highest BCUT2D eigenvalue weighted by Gasteiger charge is 2.44. The fraction of sp³-hybridized carbons (Fsp3) is 0.556. The van der Waals surface area contributed by atoms with Crippen LogP contribution >= 0.6 is 0 Å². The molecular formula is C18H24N2O2. The largest absolute Gasteiger partial charge is 0.316 e. The molecule has 1 amide bonds. The van der Waals surface area contributed by atoms with Crippen LogP contribution in [-0.2, 0) is 10.2 Å². The monoisotopic (exact) mass is 300 g/mol. The van der Waals surface area contributed by atoms with E-state index in [-0.39, 0.29) is 11.7 Å². The highest BCUT2D eigenvalue weighted by Crippen LogP contribution is 2.42. The van der Waals surface area contributed by atoms with Gasteiger partial charge < -0.3 is 10.2 Å². The van der Waals surface area contributed by atoms with Gasteiger partial charge in [0.25, 0.3) is 0 Å². The number of anilines is 1. The van der Waals surface area contributed by atoms with E-state index in [0.29, 0.717) is 11.5 Å². The van der Waals surface area contributed by atoms with Crippen molar-refractivity contribution in [2.45, 2.75) is 39.0 Å². The summed E-state index contributed by atoms with van der Waals surface area (Å²) in [6.07, 6.45) is 2.34. The van der Waals surface area contributed by atoms with Crippen LogP contribution in [0.3, 0.4) is 0 Å². The lowest BCUT2D eigenvalue weighted by Gasteiger charge is -2.28. The third-order valence-corrected chi connectivity index (χ3v) is 4.99. The Morgan fingerprint density at radius 1 is 1.41 bits per heavy atom. The van der Waals surface area contributed by atoms with Gasteiger partial charge in [0.15, 0.2) is 5.78 Å². The maximum Gasteiger partial charge on any atom is 0.237 e. The maximum atomic E-state index is 12.9. The topological polar surface area (TPSA) is 49.4 Å². The number of nitrogens with zero attached hydrogens (tertiary/aromatic N) is 1. The van der Waals surface area contributed by atoms with Gasteiger partial charge in [-0.05, 0) is 76.4 Å². The van der Waals surface area contributed by atoms with E-state index in [4.69, 9.17) is 0 Å². The zero-order valence-corrected chi connectivity index (χ0v) is 13.6. The van der Waals surface area contributed by atoms with Gasteiger partial charge in [-0.1, -0.05) is 0 Å². The molecule has 2 aliphatic heterocycles. The summed E-state index contributed by atoms with van der Waals surface area (Å²) >= 11 is 0. The molecule has 1 saturated heterocycles. The quantitative estimate of drug-likeness (QED) is 0.873. The van der Waals surface area contributed by atoms with E-state index in [1.807, 2.05) is 36.9 Å². The van der Waals surface area contributed by atoms with Crippen LogP contribution in [0, 0.1) is 5.92 Å². The lowest BCUT2D eigenvalue weighted by molar-refractivity contribution is -0.122. The van der Waals surface area contributed by atoms with Gasteiger partial charge in [0.2, 0.25) is 5.91 Å². The average Bonchev–Trinajstić information content (AvgIpc) is 2.69. The summed E-state index contributed by atoms with van der Waals surface area (Å²) in [5, 5.41) is 3.41. The van der Waals surface area contributed by atoms with Crippen LogP contribution in [0.5, 0.6) is 0 Å². The number of hydrogen-bond donors (Lipinski definition) is 1. The maximum absolute atomic E-state index is 12.9. The SMILES string of the molecule is CC(=O)c1ccc2c(c1)C(C)(C)C(=O)N2CC1CCCNC1. The number of carbonyl (C=O) groups is 2. The van der Waals surface area contributed by atoms with Gasteiger partial charge in [-0.25, -0.2) is 0 Å². The van der Waals surface area contributed by atoms with E-state index in [1.54, 1.807) is 6.92 Å². The summed E-state index contributed by atoms with van der Waals surface area (Å²) in [5.41, 5.74) is 2.09. The normalized spacial score (nSPS) is 23.5. The fourth-order valence-electron chi connectivity index (χ4n) is 3.57. The Morgan fingerprint density at radius 2 is 2.18 bits per heavy atom. The Bertz CT molecular complexity index is 616. The summed E-state index contributed by atoms with van der Waals surface area (Å²) in [4.78, 5) is 26.4. The summed E-state index contributed by atoms with van der Waals surface area (Å²) < 4.78 is 0. The minimum Gasteiger partial charge on any atom is -0.316 e. The number of benzene rings is 1. The fourth-order valence-corrected chi connectivity index (χ4v) is 3.57. The molecule has 1 atom stereocenters. The smallest absolute Gasteiger partial charge is 0.237 e. The number of hydrogen-bond acceptors (Lipinski definition) is 3. The number of fused-ring (bicyclic) bond motifs is 1. The molecule has 1 aromatic carbocycles. The molecule has 0 aromatic heterocycles. The first-order chi connectivity index (χ1) is 10.4. The molecule has 22 heavy (non-hydrogen) atoms. The van der Waals surface area contributed by atoms with E-state index < -0.39 is 5.41 Å². The summed E-state index contributed by atoms with van der Waals surface area (Å²) in [7, 11) is 0. The van der Waals surface area contributed by atoms with Crippen LogP contribution in [0.1, 0.15) is 49.5 Å². The summed E-state index contributed by atoms with van der Waals surface area (Å²) in [5.74, 6) is 0.696. The van der Waals surface area contributed by atoms with Crippen molar-refractivity contribution in [2.75, 3.05) is 24.5 Å². The van der Waals surface area contributed by atoms with Crippen LogP contribution in [0.25, 0.3) is 0 Å². The standard InChI is InChI=1S/C18H24N2O2/c1-12(21)14-6-7-16-15(9-14)18(2,3)17(22)20(16)11-13-5-4-8-19-10-13/h6-7,9,13,19H,4-5,8,10-11H2,1-3H3. The third-order valence-electron chi connectivity index (χ3n) is 4.99. The molecule has 0 spiro atoms. The molecule has 2 aliphatic rings. The van der Waals surface area contributed by atoms with Gasteiger partial charge in [0, 0.05) is 17.8 Å². The number of amides is 1. The molecule has 0 bridgehead atoms. The van der Waals surface area contributed by atoms with Crippen LogP contribution in [0.2, 0.25) is 0 Å². The lowest BCUT2D eigenvalue weighted by atomic mass is 9.85. The highest BCUT2D eigenvalue weighted by molar-refractivity contribution is 6.08. The van der Waals surface area contributed by atoms with Gasteiger partial charge in [-0.15, -0.1) is 0 Å². The van der Waals surface area contributed by atoms with E-state index in [0.717, 1.165) is 37.3 Å². The first-order valence-electron chi connectivity index (χ1n) is 8.09. The molecule has 1 fully saturated rings. The van der Waals surface area contributed by atoms with Crippen molar-refractivity contribution in [1.29, 1.82) is 0 Å². The van der Waals surface area contributed by atoms with Crippen molar-refractivity contribution in [3.63, 3.8) is 0 Å². The third kappa shape index (κ3) is 2.45. The number of ketones is 1. The Hall–Kier alpha value is -1.68. The number of rotatable bonds is 3. The average molecular weight is 300 g/mol. The number of piperidine rings is 1. The zero-order valence-electron chi connectivity index (χ0n) is 13.6. The van der Waals surface area contributed by atoms with Crippen LogP contribution in [0.4, 0.5) is 5.69 Å². The lowest BCUT2D eigenvalue weighted by Crippen LogP contribution is -2.42. The number of carbonyl (C=O) groups excluding carboxylic acids is 2. The van der Waals surface area contributed by atoms with Crippen molar-refractivity contribution in [3.05, 3.63) is 29.3 Å². The molecule has 1 aromatic rings. The van der Waals surface area contributed by atoms with Crippen molar-refractivity contribution >= 4 is 17.4 Å². The molecular weight excluding hydrogens is 276 g/mol. The highest BCUT2D eigenvalue weighted by atomic mass is 16.2. The molecule has 118 valence electrons. The second-order valence-electron chi connectivity index (χ2n) is 7.04. The zero-order chi connectivity index (χ0) is 15.9. The predicted molar refractivity (Wildman–Crippen MR) is 87.4 cm³/mol. The summed E-state index contributed by atoms with van der Waals surface area (Å²) in [6, 6.07) is 5.67. The predicted octanol–water partition coefficient (Wildman–Crippen LogP) is 2.51. The molecule has 0 saturated carbocycles. The van der Waals surface area contributed by atoms with Crippen LogP contribution in [-0.4, -0.2) is 31.3 Å². The summed E-state index contributed by atoms with van der Waals surface area (Å²) in [6.45, 7) is 8.30. The van der Waals surface area contributed by atoms with Crippen molar-refractivity contribution in [1.82, 2.24) is 5.32 Å². The van der Waals surface area contributed by atoms with Gasteiger partial charge in [0.05, 0.1) is 5.41 Å². The molecule has 1 N–H and O–H groups in total. The van der Waals surface area contributed by atoms with Crippen molar-refractivity contribution < 1.29 is 9.59 Å². The minimum atomic E-state index is -0.553. The van der Waals surface area contributed by atoms with Gasteiger partial charge in [-0.3, -0.25) is 9.59 Å². The van der Waals surface area contributed by atoms with Crippen molar-refractivity contribution in [2.24, 2.45) is 5.92 Å². The molecule has 4 heteroatoms. The molecule has 1 unspecified atom stereocenters. The van der Waals surface area contributed by atoms with E-state index in [9.17, 15) is 9.59 Å². The molecule has 4 nitrogen and oxygen atoms in total. The van der Waals surface area contributed by atoms with Gasteiger partial charge >= 0.3 is 0 Å². The molecule has 2 heterocycles. The van der Waals surface area contributed by atoms with Crippen LogP contribution in [0.15, 0.2) is 18.2 Å². The first kappa shape index (κ1) is 15.2. The number of Topliss-reactive ketones (excluding diaryl/α,β-unsaturated/α-hetero) is 1. The Labute approximate surface area is 131 Å². The number of nitrogens with one attached hydrogen (secondary N) is 1. The second kappa shape index (κ2) is 5.51. The van der Waals surface area contributed by atoms with E-state index in [2.05, 4.69) is 5.32 Å². The van der Waals surface area contributed by atoms with Crippen molar-refractivity contribution in [3.8, 4) is 0 Å². The minimum absolute atomic E-state index is 0.0426. The molecule has 0 aliphatic carbocycles. The molecule has 3 rings (SSSR count). The van der Waals surface area contributed by atoms with E-state index in [1.165, 1.54) is 6.42 Å². The Kier molecular flexibility index (Phi) is 3.81. The Balaban J connectivity index is 1.93. The first-order valence-corrected chi connectivity index (χ1v) is 8.09. The Morgan fingerprint density at radius 3 is 2.82 bits per heavy atom. The van der Waals surface area contributed by atoms with Gasteiger partial charge in [0.1, 0.15) is 0 Å². The van der Waals surface area contributed by atoms with Crippen LogP contribution < -0.4 is 10.2 Å². The second-order valence-corrected chi connectivity index (χ2v) is 7.04. The van der Waals surface area contributed by atoms with E-state index >= 15 is 0 Å².